The zero-order chi connectivity index (χ0) is 17.9. The molecule has 128 valence electrons. The molecule has 0 bridgehead atoms. The molecule has 1 aromatic carbocycles. The van der Waals surface area contributed by atoms with Crippen molar-refractivity contribution in [3.8, 4) is 11.5 Å². The lowest BCUT2D eigenvalue weighted by molar-refractivity contribution is -0.143. The van der Waals surface area contributed by atoms with E-state index < -0.39 is 24.5 Å². The fraction of sp³-hybridized carbons (Fsp3) is 0.267. The lowest BCUT2D eigenvalue weighted by atomic mass is 10.1. The number of amides is 3. The molecule has 24 heavy (non-hydrogen) atoms. The minimum absolute atomic E-state index is 0.0387. The van der Waals surface area contributed by atoms with Crippen LogP contribution in [0.4, 0.5) is 4.79 Å². The predicted molar refractivity (Wildman–Crippen MR) is 87.5 cm³/mol. The van der Waals surface area contributed by atoms with Gasteiger partial charge in [0.15, 0.2) is 11.5 Å². The van der Waals surface area contributed by atoms with E-state index in [2.05, 4.69) is 26.0 Å². The van der Waals surface area contributed by atoms with E-state index in [9.17, 15) is 14.4 Å². The lowest BCUT2D eigenvalue weighted by Gasteiger charge is -2.10. The number of carbonyl (C=O) groups is 3. The van der Waals surface area contributed by atoms with Crippen LogP contribution in [0.1, 0.15) is 5.56 Å². The number of rotatable bonds is 5. The molecule has 1 aliphatic rings. The maximum Gasteiger partial charge on any atom is 0.329 e. The molecule has 2 rings (SSSR count). The van der Waals surface area contributed by atoms with Gasteiger partial charge in [0.05, 0.1) is 21.3 Å². The van der Waals surface area contributed by atoms with Crippen molar-refractivity contribution in [3.63, 3.8) is 0 Å². The van der Waals surface area contributed by atoms with Gasteiger partial charge in [-0.3, -0.25) is 9.59 Å². The van der Waals surface area contributed by atoms with Crippen molar-refractivity contribution in [3.05, 3.63) is 27.9 Å². The second-order valence-corrected chi connectivity index (χ2v) is 5.54. The van der Waals surface area contributed by atoms with Crippen LogP contribution < -0.4 is 14.8 Å². The minimum Gasteiger partial charge on any atom is -0.493 e. The van der Waals surface area contributed by atoms with Gasteiger partial charge < -0.3 is 19.5 Å². The molecule has 9 heteroatoms. The van der Waals surface area contributed by atoms with E-state index in [0.717, 1.165) is 4.90 Å². The Hall–Kier alpha value is -2.55. The van der Waals surface area contributed by atoms with E-state index in [-0.39, 0.29) is 5.70 Å². The second-order valence-electron chi connectivity index (χ2n) is 4.68. The first-order valence-corrected chi connectivity index (χ1v) is 7.53. The van der Waals surface area contributed by atoms with Crippen molar-refractivity contribution in [2.75, 3.05) is 27.9 Å². The van der Waals surface area contributed by atoms with Crippen molar-refractivity contribution in [2.24, 2.45) is 0 Å². The summed E-state index contributed by atoms with van der Waals surface area (Å²) < 4.78 is 15.5. The quantitative estimate of drug-likeness (QED) is 0.459. The number of imide groups is 1. The Morgan fingerprint density at radius 3 is 2.42 bits per heavy atom. The SMILES string of the molecule is COC(=O)CN1C(=O)N/C(=C/c2cc(OC)c(OC)cc2Br)C1=O. The topological polar surface area (TPSA) is 94.2 Å². The summed E-state index contributed by atoms with van der Waals surface area (Å²) in [5, 5.41) is 2.42. The number of esters is 1. The molecule has 1 fully saturated rings. The number of hydrogen-bond acceptors (Lipinski definition) is 6. The first-order valence-electron chi connectivity index (χ1n) is 6.74. The molecular formula is C15H15BrN2O6. The van der Waals surface area contributed by atoms with Gasteiger partial charge in [-0.25, -0.2) is 9.69 Å². The van der Waals surface area contributed by atoms with Gasteiger partial charge in [0, 0.05) is 4.47 Å². The Balaban J connectivity index is 2.34. The number of carbonyl (C=O) groups excluding carboxylic acids is 3. The summed E-state index contributed by atoms with van der Waals surface area (Å²) in [7, 11) is 4.18. The van der Waals surface area contributed by atoms with Gasteiger partial charge in [-0.1, -0.05) is 15.9 Å². The van der Waals surface area contributed by atoms with Gasteiger partial charge in [-0.05, 0) is 23.8 Å². The molecule has 1 saturated heterocycles. The van der Waals surface area contributed by atoms with Gasteiger partial charge >= 0.3 is 12.0 Å². The van der Waals surface area contributed by atoms with Crippen LogP contribution in [0.2, 0.25) is 0 Å². The van der Waals surface area contributed by atoms with E-state index in [4.69, 9.17) is 9.47 Å². The third-order valence-corrected chi connectivity index (χ3v) is 3.97. The van der Waals surface area contributed by atoms with Crippen LogP contribution in [0.25, 0.3) is 6.08 Å². The highest BCUT2D eigenvalue weighted by Crippen LogP contribution is 2.34. The van der Waals surface area contributed by atoms with Gasteiger partial charge in [0.2, 0.25) is 0 Å². The Bertz CT molecular complexity index is 731. The molecule has 0 aromatic heterocycles. The van der Waals surface area contributed by atoms with E-state index in [1.807, 2.05) is 0 Å². The van der Waals surface area contributed by atoms with Crippen LogP contribution in [0, 0.1) is 0 Å². The van der Waals surface area contributed by atoms with Crippen molar-refractivity contribution in [2.45, 2.75) is 0 Å². The van der Waals surface area contributed by atoms with Gasteiger partial charge in [0.25, 0.3) is 5.91 Å². The van der Waals surface area contributed by atoms with Crippen molar-refractivity contribution in [1.29, 1.82) is 0 Å². The summed E-state index contributed by atoms with van der Waals surface area (Å²) in [4.78, 5) is 36.1. The van der Waals surface area contributed by atoms with Crippen LogP contribution in [-0.2, 0) is 14.3 Å². The number of nitrogens with one attached hydrogen (secondary N) is 1. The lowest BCUT2D eigenvalue weighted by Crippen LogP contribution is -2.36. The molecule has 1 aliphatic heterocycles. The van der Waals surface area contributed by atoms with Gasteiger partial charge in [-0.2, -0.15) is 0 Å². The predicted octanol–water partition coefficient (Wildman–Crippen LogP) is 1.53. The fourth-order valence-corrected chi connectivity index (χ4v) is 2.48. The monoisotopic (exact) mass is 398 g/mol. The zero-order valence-corrected chi connectivity index (χ0v) is 14.8. The number of halogens is 1. The fourth-order valence-electron chi connectivity index (χ4n) is 2.04. The third kappa shape index (κ3) is 3.51. The number of hydrogen-bond donors (Lipinski definition) is 1. The highest BCUT2D eigenvalue weighted by Gasteiger charge is 2.35. The summed E-state index contributed by atoms with van der Waals surface area (Å²) in [6, 6.07) is 2.64. The maximum atomic E-state index is 12.3. The third-order valence-electron chi connectivity index (χ3n) is 3.28. The van der Waals surface area contributed by atoms with Crippen molar-refractivity contribution >= 4 is 39.9 Å². The summed E-state index contributed by atoms with van der Waals surface area (Å²) in [6.07, 6.45) is 1.48. The highest BCUT2D eigenvalue weighted by atomic mass is 79.9. The number of ether oxygens (including phenoxy) is 3. The molecule has 1 heterocycles. The Morgan fingerprint density at radius 1 is 1.21 bits per heavy atom. The standard InChI is InChI=1S/C15H15BrN2O6/c1-22-11-5-8(9(16)6-12(11)23-2)4-10-14(20)18(15(21)17-10)7-13(19)24-3/h4-6H,7H2,1-3H3,(H,17,21)/b10-4+. The Kier molecular flexibility index (Phi) is 5.45. The zero-order valence-electron chi connectivity index (χ0n) is 13.2. The highest BCUT2D eigenvalue weighted by molar-refractivity contribution is 9.10. The molecule has 1 aromatic rings. The van der Waals surface area contributed by atoms with E-state index >= 15 is 0 Å². The maximum absolute atomic E-state index is 12.3. The minimum atomic E-state index is -0.688. The number of nitrogens with zero attached hydrogens (tertiary/aromatic N) is 1. The van der Waals surface area contributed by atoms with Crippen LogP contribution in [0.5, 0.6) is 11.5 Å². The van der Waals surface area contributed by atoms with E-state index in [0.29, 0.717) is 21.5 Å². The molecule has 0 atom stereocenters. The van der Waals surface area contributed by atoms with Crippen molar-refractivity contribution < 1.29 is 28.6 Å². The molecule has 8 nitrogen and oxygen atoms in total. The second kappa shape index (κ2) is 7.35. The van der Waals surface area contributed by atoms with Gasteiger partial charge in [0.1, 0.15) is 12.2 Å². The van der Waals surface area contributed by atoms with E-state index in [1.54, 1.807) is 12.1 Å². The largest absolute Gasteiger partial charge is 0.493 e. The average molecular weight is 399 g/mol. The number of methoxy groups -OCH3 is 3. The summed E-state index contributed by atoms with van der Waals surface area (Å²) in [6.45, 7) is -0.453. The number of urea groups is 1. The van der Waals surface area contributed by atoms with Crippen molar-refractivity contribution in [1.82, 2.24) is 10.2 Å². The number of benzene rings is 1. The molecule has 3 amide bonds. The molecule has 0 saturated carbocycles. The molecule has 0 unspecified atom stereocenters. The summed E-state index contributed by atoms with van der Waals surface area (Å²) in [5.41, 5.74) is 0.632. The summed E-state index contributed by atoms with van der Waals surface area (Å²) >= 11 is 3.37. The normalized spacial score (nSPS) is 15.5. The van der Waals surface area contributed by atoms with Crippen LogP contribution in [0.3, 0.4) is 0 Å². The first kappa shape index (κ1) is 17.8. The molecule has 0 spiro atoms. The molecule has 0 radical (unpaired) electrons. The Morgan fingerprint density at radius 2 is 1.83 bits per heavy atom. The summed E-state index contributed by atoms with van der Waals surface area (Å²) in [5.74, 6) is -0.324. The smallest absolute Gasteiger partial charge is 0.329 e. The Labute approximate surface area is 146 Å². The molecular weight excluding hydrogens is 384 g/mol. The van der Waals surface area contributed by atoms with E-state index in [1.165, 1.54) is 27.4 Å². The van der Waals surface area contributed by atoms with Crippen LogP contribution in [-0.4, -0.2) is 50.7 Å². The average Bonchev–Trinajstić information content (AvgIpc) is 2.83. The molecule has 1 N–H and O–H groups in total. The van der Waals surface area contributed by atoms with Crippen LogP contribution >= 0.6 is 15.9 Å². The molecule has 0 aliphatic carbocycles. The first-order chi connectivity index (χ1) is 11.4. The van der Waals surface area contributed by atoms with Gasteiger partial charge in [-0.15, -0.1) is 0 Å². The van der Waals surface area contributed by atoms with Crippen LogP contribution in [0.15, 0.2) is 22.3 Å².